The second-order valence-corrected chi connectivity index (χ2v) is 10.9. The molecule has 4 heteroatoms. The molecule has 6 rings (SSSR count). The molecule has 2 fully saturated rings. The van der Waals surface area contributed by atoms with Gasteiger partial charge in [-0.3, -0.25) is 4.90 Å². The summed E-state index contributed by atoms with van der Waals surface area (Å²) >= 11 is 0. The molecule has 4 nitrogen and oxygen atoms in total. The summed E-state index contributed by atoms with van der Waals surface area (Å²) < 4.78 is 0. The highest BCUT2D eigenvalue weighted by Crippen LogP contribution is 2.53. The lowest BCUT2D eigenvalue weighted by atomic mass is 9.84. The molecule has 1 saturated heterocycles. The molecule has 1 aliphatic carbocycles. The maximum atomic E-state index is 12.8. The van der Waals surface area contributed by atoms with Gasteiger partial charge < -0.3 is 10.6 Å². The molecular formula is C31H37N3O. The quantitative estimate of drug-likeness (QED) is 0.408. The second kappa shape index (κ2) is 9.66. The Morgan fingerprint density at radius 3 is 2.26 bits per heavy atom. The van der Waals surface area contributed by atoms with E-state index in [-0.39, 0.29) is 18.1 Å². The van der Waals surface area contributed by atoms with E-state index in [9.17, 15) is 4.79 Å². The lowest BCUT2D eigenvalue weighted by Crippen LogP contribution is -2.44. The van der Waals surface area contributed by atoms with Gasteiger partial charge in [-0.25, -0.2) is 4.79 Å². The Kier molecular flexibility index (Phi) is 6.24. The van der Waals surface area contributed by atoms with Crippen LogP contribution in [0.4, 0.5) is 4.79 Å². The van der Waals surface area contributed by atoms with Gasteiger partial charge in [-0.1, -0.05) is 66.7 Å². The van der Waals surface area contributed by atoms with Crippen molar-refractivity contribution in [3.05, 3.63) is 83.4 Å². The fourth-order valence-electron chi connectivity index (χ4n) is 7.02. The standard InChI is InChI=1S/C31H37N3O/c1-21(25-12-6-8-23-7-2-3-9-26(23)25)32-31(35)33-24-15-13-22(14-16-24)19-20-34-29-17-18-30(34)28-11-5-4-10-27(28)29/h2-12,21-22,24,29-30H,13-20H2,1H3,(H2,32,33,35)/t21?,22-,24-,29?,30?. The Hall–Kier alpha value is -2.85. The number of fused-ring (bicyclic) bond motifs is 6. The van der Waals surface area contributed by atoms with Crippen LogP contribution in [0.15, 0.2) is 66.7 Å². The monoisotopic (exact) mass is 467 g/mol. The first-order valence-electron chi connectivity index (χ1n) is 13.6. The summed E-state index contributed by atoms with van der Waals surface area (Å²) in [6, 6.07) is 25.3. The zero-order valence-electron chi connectivity index (χ0n) is 20.7. The molecule has 3 atom stereocenters. The zero-order valence-corrected chi connectivity index (χ0v) is 20.7. The highest BCUT2D eigenvalue weighted by molar-refractivity contribution is 5.86. The number of carbonyl (C=O) groups is 1. The molecule has 2 amide bonds. The summed E-state index contributed by atoms with van der Waals surface area (Å²) in [6.45, 7) is 3.29. The van der Waals surface area contributed by atoms with E-state index in [2.05, 4.69) is 89.2 Å². The molecule has 1 saturated carbocycles. The van der Waals surface area contributed by atoms with E-state index in [4.69, 9.17) is 0 Å². The Bertz CT molecular complexity index is 1160. The topological polar surface area (TPSA) is 44.4 Å². The summed E-state index contributed by atoms with van der Waals surface area (Å²) in [5.41, 5.74) is 4.33. The summed E-state index contributed by atoms with van der Waals surface area (Å²) in [5.74, 6) is 0.786. The molecule has 3 unspecified atom stereocenters. The van der Waals surface area contributed by atoms with Crippen molar-refractivity contribution in [2.24, 2.45) is 5.92 Å². The molecule has 2 heterocycles. The first kappa shape index (κ1) is 22.6. The molecule has 3 aliphatic rings. The second-order valence-electron chi connectivity index (χ2n) is 10.9. The number of hydrogen-bond acceptors (Lipinski definition) is 2. The third-order valence-electron chi connectivity index (χ3n) is 8.84. The molecule has 3 aromatic carbocycles. The van der Waals surface area contributed by atoms with Crippen LogP contribution >= 0.6 is 0 Å². The van der Waals surface area contributed by atoms with Gasteiger partial charge in [0.25, 0.3) is 0 Å². The predicted octanol–water partition coefficient (Wildman–Crippen LogP) is 7.04. The highest BCUT2D eigenvalue weighted by atomic mass is 16.2. The first-order chi connectivity index (χ1) is 17.2. The van der Waals surface area contributed by atoms with E-state index in [1.54, 1.807) is 11.1 Å². The lowest BCUT2D eigenvalue weighted by molar-refractivity contribution is 0.185. The van der Waals surface area contributed by atoms with Gasteiger partial charge in [0.1, 0.15) is 0 Å². The normalized spacial score (nSPS) is 26.4. The van der Waals surface area contributed by atoms with E-state index in [1.807, 2.05) is 0 Å². The van der Waals surface area contributed by atoms with E-state index in [1.165, 1.54) is 55.0 Å². The third kappa shape index (κ3) is 4.45. The molecule has 182 valence electrons. The van der Waals surface area contributed by atoms with Crippen LogP contribution in [0.1, 0.15) is 86.7 Å². The minimum Gasteiger partial charge on any atom is -0.335 e. The van der Waals surface area contributed by atoms with Crippen LogP contribution in [0, 0.1) is 5.92 Å². The number of carbonyl (C=O) groups excluding carboxylic acids is 1. The summed E-state index contributed by atoms with van der Waals surface area (Å²) in [6.07, 6.45) is 8.56. The van der Waals surface area contributed by atoms with Crippen molar-refractivity contribution in [2.45, 2.75) is 76.0 Å². The Morgan fingerprint density at radius 2 is 1.51 bits per heavy atom. The van der Waals surface area contributed by atoms with E-state index >= 15 is 0 Å². The highest BCUT2D eigenvalue weighted by Gasteiger charge is 2.43. The molecule has 0 radical (unpaired) electrons. The number of rotatable bonds is 6. The minimum atomic E-state index is -0.0414. The minimum absolute atomic E-state index is 0.0302. The summed E-state index contributed by atoms with van der Waals surface area (Å²) in [5, 5.41) is 8.86. The fraction of sp³-hybridized carbons (Fsp3) is 0.452. The molecule has 2 bridgehead atoms. The van der Waals surface area contributed by atoms with Gasteiger partial charge in [0.2, 0.25) is 0 Å². The summed E-state index contributed by atoms with van der Waals surface area (Å²) in [4.78, 5) is 15.5. The average molecular weight is 468 g/mol. The fourth-order valence-corrected chi connectivity index (χ4v) is 7.02. The average Bonchev–Trinajstić information content (AvgIpc) is 3.44. The van der Waals surface area contributed by atoms with Gasteiger partial charge in [0, 0.05) is 18.1 Å². The number of nitrogens with zero attached hydrogens (tertiary/aromatic N) is 1. The van der Waals surface area contributed by atoms with Crippen LogP contribution in [-0.2, 0) is 0 Å². The molecule has 3 aromatic rings. The van der Waals surface area contributed by atoms with E-state index in [0.717, 1.165) is 18.8 Å². The van der Waals surface area contributed by atoms with Crippen molar-refractivity contribution in [2.75, 3.05) is 6.54 Å². The maximum absolute atomic E-state index is 12.8. The number of urea groups is 1. The van der Waals surface area contributed by atoms with Crippen molar-refractivity contribution in [3.63, 3.8) is 0 Å². The largest absolute Gasteiger partial charge is 0.335 e. The Labute approximate surface area is 209 Å². The van der Waals surface area contributed by atoms with Crippen LogP contribution in [0.3, 0.4) is 0 Å². The molecule has 0 aromatic heterocycles. The Balaban J connectivity index is 0.966. The van der Waals surface area contributed by atoms with Crippen molar-refractivity contribution in [1.29, 1.82) is 0 Å². The Morgan fingerprint density at radius 1 is 0.857 bits per heavy atom. The SMILES string of the molecule is CC(NC(=O)N[C@H]1CC[C@H](CCN2C3CCC2c2ccccc23)CC1)c1cccc2ccccc12. The first-order valence-corrected chi connectivity index (χ1v) is 13.6. The number of amides is 2. The van der Waals surface area contributed by atoms with Crippen LogP contribution in [0.5, 0.6) is 0 Å². The van der Waals surface area contributed by atoms with Gasteiger partial charge in [-0.2, -0.15) is 0 Å². The molecule has 35 heavy (non-hydrogen) atoms. The third-order valence-corrected chi connectivity index (χ3v) is 8.84. The molecular weight excluding hydrogens is 430 g/mol. The van der Waals surface area contributed by atoms with Crippen molar-refractivity contribution in [1.82, 2.24) is 15.5 Å². The van der Waals surface area contributed by atoms with E-state index in [0.29, 0.717) is 12.1 Å². The lowest BCUT2D eigenvalue weighted by Gasteiger charge is -2.31. The maximum Gasteiger partial charge on any atom is 0.315 e. The molecule has 2 N–H and O–H groups in total. The number of hydrogen-bond donors (Lipinski definition) is 2. The zero-order chi connectivity index (χ0) is 23.8. The van der Waals surface area contributed by atoms with Crippen LogP contribution in [0.2, 0.25) is 0 Å². The number of benzene rings is 3. The number of nitrogens with one attached hydrogen (secondary N) is 2. The van der Waals surface area contributed by atoms with Gasteiger partial charge in [0.05, 0.1) is 6.04 Å². The molecule has 0 spiro atoms. The van der Waals surface area contributed by atoms with E-state index < -0.39 is 0 Å². The van der Waals surface area contributed by atoms with Crippen molar-refractivity contribution in [3.8, 4) is 0 Å². The van der Waals surface area contributed by atoms with Gasteiger partial charge in [-0.05, 0) is 91.8 Å². The van der Waals surface area contributed by atoms with Crippen molar-refractivity contribution >= 4 is 16.8 Å². The van der Waals surface area contributed by atoms with Gasteiger partial charge in [0.15, 0.2) is 0 Å². The smallest absolute Gasteiger partial charge is 0.315 e. The van der Waals surface area contributed by atoms with Gasteiger partial charge in [-0.15, -0.1) is 0 Å². The summed E-state index contributed by atoms with van der Waals surface area (Å²) in [7, 11) is 0. The van der Waals surface area contributed by atoms with Crippen molar-refractivity contribution < 1.29 is 4.79 Å². The van der Waals surface area contributed by atoms with Gasteiger partial charge >= 0.3 is 6.03 Å². The predicted molar refractivity (Wildman–Crippen MR) is 142 cm³/mol. The van der Waals surface area contributed by atoms with Crippen LogP contribution < -0.4 is 10.6 Å². The molecule has 2 aliphatic heterocycles. The van der Waals surface area contributed by atoms with Crippen LogP contribution in [0.25, 0.3) is 10.8 Å². The van der Waals surface area contributed by atoms with Crippen LogP contribution in [-0.4, -0.2) is 23.5 Å².